The fraction of sp³-hybridized carbons (Fsp3) is 0.438. The van der Waals surface area contributed by atoms with E-state index in [2.05, 4.69) is 71.0 Å². The number of halogens is 2. The molecule has 0 aliphatic heterocycles. The highest BCUT2D eigenvalue weighted by Crippen LogP contribution is 2.36. The minimum Gasteiger partial charge on any atom is -0.383 e. The van der Waals surface area contributed by atoms with Crippen LogP contribution in [0.15, 0.2) is 27.1 Å². The standard InChI is InChI=1S/C16H21Br2N3/c1-9(2)15-20-13(14(19)21(15)16(3,4)5)10-6-7-11(17)12(18)8-10/h6-9H,19H2,1-5H3. The highest BCUT2D eigenvalue weighted by atomic mass is 79.9. The first-order valence-corrected chi connectivity index (χ1v) is 8.55. The lowest BCUT2D eigenvalue weighted by Gasteiger charge is -2.26. The van der Waals surface area contributed by atoms with E-state index in [0.29, 0.717) is 5.92 Å². The molecule has 0 bridgehead atoms. The molecule has 0 aliphatic rings. The Balaban J connectivity index is 2.68. The SMILES string of the molecule is CC(C)c1nc(-c2ccc(Br)c(Br)c2)c(N)n1C(C)(C)C. The second-order valence-electron chi connectivity index (χ2n) is 6.49. The first-order chi connectivity index (χ1) is 9.62. The average molecular weight is 415 g/mol. The Morgan fingerprint density at radius 1 is 1.14 bits per heavy atom. The van der Waals surface area contributed by atoms with Crippen LogP contribution >= 0.6 is 31.9 Å². The van der Waals surface area contributed by atoms with Gasteiger partial charge in [-0.15, -0.1) is 0 Å². The maximum Gasteiger partial charge on any atom is 0.132 e. The summed E-state index contributed by atoms with van der Waals surface area (Å²) in [5, 5.41) is 0. The average Bonchev–Trinajstić information content (AvgIpc) is 2.70. The molecule has 0 fully saturated rings. The Hall–Kier alpha value is -0.810. The van der Waals surface area contributed by atoms with Crippen molar-refractivity contribution in [2.45, 2.75) is 46.1 Å². The van der Waals surface area contributed by atoms with Gasteiger partial charge in [0.05, 0.1) is 0 Å². The van der Waals surface area contributed by atoms with Gasteiger partial charge in [-0.3, -0.25) is 0 Å². The highest BCUT2D eigenvalue weighted by molar-refractivity contribution is 9.13. The monoisotopic (exact) mass is 413 g/mol. The zero-order chi connectivity index (χ0) is 15.9. The van der Waals surface area contributed by atoms with Crippen LogP contribution in [0.3, 0.4) is 0 Å². The Morgan fingerprint density at radius 2 is 1.76 bits per heavy atom. The molecule has 3 nitrogen and oxygen atoms in total. The molecule has 2 N–H and O–H groups in total. The van der Waals surface area contributed by atoms with E-state index in [4.69, 9.17) is 10.7 Å². The maximum atomic E-state index is 6.42. The largest absolute Gasteiger partial charge is 0.383 e. The van der Waals surface area contributed by atoms with Gasteiger partial charge in [-0.2, -0.15) is 0 Å². The minimum absolute atomic E-state index is 0.0957. The van der Waals surface area contributed by atoms with Crippen molar-refractivity contribution in [3.05, 3.63) is 33.0 Å². The molecule has 0 saturated heterocycles. The summed E-state index contributed by atoms with van der Waals surface area (Å²) in [7, 11) is 0. The van der Waals surface area contributed by atoms with E-state index in [9.17, 15) is 0 Å². The van der Waals surface area contributed by atoms with E-state index in [1.54, 1.807) is 0 Å². The van der Waals surface area contributed by atoms with Crippen LogP contribution in [0.25, 0.3) is 11.3 Å². The number of aromatic nitrogens is 2. The van der Waals surface area contributed by atoms with Gasteiger partial charge in [-0.25, -0.2) is 4.98 Å². The number of anilines is 1. The van der Waals surface area contributed by atoms with Crippen LogP contribution in [0.5, 0.6) is 0 Å². The van der Waals surface area contributed by atoms with Crippen LogP contribution < -0.4 is 5.73 Å². The second-order valence-corrected chi connectivity index (χ2v) is 8.20. The van der Waals surface area contributed by atoms with E-state index in [1.807, 2.05) is 18.2 Å². The molecule has 0 atom stereocenters. The zero-order valence-electron chi connectivity index (χ0n) is 13.0. The van der Waals surface area contributed by atoms with Gasteiger partial charge in [0.25, 0.3) is 0 Å². The van der Waals surface area contributed by atoms with E-state index in [-0.39, 0.29) is 5.54 Å². The van der Waals surface area contributed by atoms with E-state index >= 15 is 0 Å². The molecule has 2 aromatic rings. The molecule has 2 rings (SSSR count). The lowest BCUT2D eigenvalue weighted by molar-refractivity contribution is 0.382. The van der Waals surface area contributed by atoms with Crippen molar-refractivity contribution < 1.29 is 0 Å². The molecule has 0 spiro atoms. The Morgan fingerprint density at radius 3 is 2.19 bits per heavy atom. The van der Waals surface area contributed by atoms with E-state index in [0.717, 1.165) is 31.8 Å². The second kappa shape index (κ2) is 5.76. The molecular weight excluding hydrogens is 394 g/mol. The molecule has 0 aliphatic carbocycles. The normalized spacial score (nSPS) is 12.2. The van der Waals surface area contributed by atoms with Gasteiger partial charge in [0.1, 0.15) is 17.3 Å². The van der Waals surface area contributed by atoms with Crippen molar-refractivity contribution >= 4 is 37.7 Å². The van der Waals surface area contributed by atoms with Gasteiger partial charge < -0.3 is 10.3 Å². The van der Waals surface area contributed by atoms with Gasteiger partial charge in [0, 0.05) is 26.0 Å². The summed E-state index contributed by atoms with van der Waals surface area (Å²) < 4.78 is 4.16. The van der Waals surface area contributed by atoms with Crippen molar-refractivity contribution in [1.29, 1.82) is 0 Å². The first kappa shape index (κ1) is 16.6. The predicted molar refractivity (Wildman–Crippen MR) is 96.6 cm³/mol. The Kier molecular flexibility index (Phi) is 4.54. The summed E-state index contributed by atoms with van der Waals surface area (Å²) in [4.78, 5) is 4.82. The number of nitrogens with zero attached hydrogens (tertiary/aromatic N) is 2. The van der Waals surface area contributed by atoms with Crippen LogP contribution in [-0.4, -0.2) is 9.55 Å². The van der Waals surface area contributed by atoms with Crippen LogP contribution in [-0.2, 0) is 5.54 Å². The fourth-order valence-corrected chi connectivity index (χ4v) is 3.02. The lowest BCUT2D eigenvalue weighted by atomic mass is 10.1. The zero-order valence-corrected chi connectivity index (χ0v) is 16.2. The third kappa shape index (κ3) is 3.19. The predicted octanol–water partition coefficient (Wildman–Crippen LogP) is 5.54. The quantitative estimate of drug-likeness (QED) is 0.701. The summed E-state index contributed by atoms with van der Waals surface area (Å²) in [6.45, 7) is 10.7. The third-order valence-corrected chi connectivity index (χ3v) is 5.20. The molecule has 114 valence electrons. The van der Waals surface area contributed by atoms with Gasteiger partial charge in [0.2, 0.25) is 0 Å². The first-order valence-electron chi connectivity index (χ1n) is 6.97. The third-order valence-electron chi connectivity index (χ3n) is 3.32. The van der Waals surface area contributed by atoms with Crippen LogP contribution in [0.4, 0.5) is 5.82 Å². The number of rotatable bonds is 2. The lowest BCUT2D eigenvalue weighted by Crippen LogP contribution is -2.26. The summed E-state index contributed by atoms with van der Waals surface area (Å²) in [5.41, 5.74) is 8.20. The molecule has 21 heavy (non-hydrogen) atoms. The highest BCUT2D eigenvalue weighted by Gasteiger charge is 2.26. The summed E-state index contributed by atoms with van der Waals surface area (Å²) in [6, 6.07) is 6.08. The summed E-state index contributed by atoms with van der Waals surface area (Å²) in [6.07, 6.45) is 0. The van der Waals surface area contributed by atoms with Crippen molar-refractivity contribution in [2.75, 3.05) is 5.73 Å². The topological polar surface area (TPSA) is 43.8 Å². The van der Waals surface area contributed by atoms with Gasteiger partial charge in [-0.05, 0) is 64.8 Å². The number of nitrogen functional groups attached to an aromatic ring is 1. The molecule has 0 saturated carbocycles. The van der Waals surface area contributed by atoms with Crippen molar-refractivity contribution in [2.24, 2.45) is 0 Å². The maximum absolute atomic E-state index is 6.42. The minimum atomic E-state index is -0.0957. The van der Waals surface area contributed by atoms with Gasteiger partial charge in [0.15, 0.2) is 0 Å². The number of imidazole rings is 1. The molecule has 0 unspecified atom stereocenters. The van der Waals surface area contributed by atoms with Crippen LogP contribution in [0, 0.1) is 0 Å². The molecule has 1 aromatic heterocycles. The molecule has 1 aromatic carbocycles. The Bertz CT molecular complexity index is 667. The van der Waals surface area contributed by atoms with E-state index < -0.39 is 0 Å². The van der Waals surface area contributed by atoms with Crippen molar-refractivity contribution in [3.63, 3.8) is 0 Å². The molecule has 0 amide bonds. The molecule has 1 heterocycles. The van der Waals surface area contributed by atoms with Crippen molar-refractivity contribution in [1.82, 2.24) is 9.55 Å². The van der Waals surface area contributed by atoms with Crippen molar-refractivity contribution in [3.8, 4) is 11.3 Å². The van der Waals surface area contributed by atoms with Gasteiger partial charge in [-0.1, -0.05) is 19.9 Å². The fourth-order valence-electron chi connectivity index (χ4n) is 2.40. The van der Waals surface area contributed by atoms with Crippen LogP contribution in [0.1, 0.15) is 46.4 Å². The molecular formula is C16H21Br2N3. The number of benzene rings is 1. The molecule has 0 radical (unpaired) electrons. The van der Waals surface area contributed by atoms with Gasteiger partial charge >= 0.3 is 0 Å². The number of nitrogens with two attached hydrogens (primary N) is 1. The smallest absolute Gasteiger partial charge is 0.132 e. The van der Waals surface area contributed by atoms with E-state index in [1.165, 1.54) is 0 Å². The summed E-state index contributed by atoms with van der Waals surface area (Å²) >= 11 is 7.03. The molecule has 5 heteroatoms. The number of hydrogen-bond donors (Lipinski definition) is 1. The number of hydrogen-bond acceptors (Lipinski definition) is 2. The Labute approximate surface area is 143 Å². The summed E-state index contributed by atoms with van der Waals surface area (Å²) in [5.74, 6) is 2.06. The van der Waals surface area contributed by atoms with Crippen LogP contribution in [0.2, 0.25) is 0 Å².